The predicted molar refractivity (Wildman–Crippen MR) is 80.6 cm³/mol. The third kappa shape index (κ3) is 2.05. The minimum absolute atomic E-state index is 0.657. The maximum atomic E-state index is 6.24. The van der Waals surface area contributed by atoms with Crippen molar-refractivity contribution in [2.75, 3.05) is 5.73 Å². The van der Waals surface area contributed by atoms with E-state index in [2.05, 4.69) is 17.0 Å². The van der Waals surface area contributed by atoms with Crippen LogP contribution in [0.3, 0.4) is 0 Å². The van der Waals surface area contributed by atoms with Gasteiger partial charge < -0.3 is 5.73 Å². The fourth-order valence-corrected chi connectivity index (χ4v) is 2.29. The quantitative estimate of drug-likeness (QED) is 0.791. The third-order valence-electron chi connectivity index (χ3n) is 3.29. The van der Waals surface area contributed by atoms with Crippen molar-refractivity contribution in [2.45, 2.75) is 13.3 Å². The Morgan fingerprint density at radius 2 is 1.80 bits per heavy atom. The lowest BCUT2D eigenvalue weighted by molar-refractivity contribution is 0.860. The number of nitrogens with two attached hydrogens (primary N) is 1. The highest BCUT2D eigenvalue weighted by molar-refractivity contribution is 5.69. The van der Waals surface area contributed by atoms with Crippen LogP contribution in [-0.2, 0) is 6.42 Å². The molecule has 2 aromatic heterocycles. The van der Waals surface area contributed by atoms with Gasteiger partial charge in [-0.2, -0.15) is 9.78 Å². The van der Waals surface area contributed by atoms with Gasteiger partial charge in [0.05, 0.1) is 5.69 Å². The van der Waals surface area contributed by atoms with Crippen molar-refractivity contribution in [3.05, 3.63) is 60.3 Å². The zero-order valence-corrected chi connectivity index (χ0v) is 11.3. The zero-order chi connectivity index (χ0) is 13.9. The van der Waals surface area contributed by atoms with E-state index < -0.39 is 0 Å². The molecular formula is C16H16N4. The Balaban J connectivity index is 2.18. The van der Waals surface area contributed by atoms with E-state index in [1.54, 1.807) is 10.9 Å². The van der Waals surface area contributed by atoms with Crippen molar-refractivity contribution >= 4 is 5.82 Å². The molecule has 0 unspecified atom stereocenters. The number of hydrogen-bond donors (Lipinski definition) is 1. The fourth-order valence-electron chi connectivity index (χ4n) is 2.29. The predicted octanol–water partition coefficient (Wildman–Crippen LogP) is 3.08. The van der Waals surface area contributed by atoms with Crippen LogP contribution in [0, 0.1) is 0 Å². The van der Waals surface area contributed by atoms with Gasteiger partial charge in [0.2, 0.25) is 0 Å². The molecule has 2 N–H and O–H groups in total. The van der Waals surface area contributed by atoms with E-state index in [0.29, 0.717) is 5.82 Å². The summed E-state index contributed by atoms with van der Waals surface area (Å²) in [4.78, 5) is 4.31. The van der Waals surface area contributed by atoms with E-state index in [4.69, 9.17) is 5.73 Å². The minimum Gasteiger partial charge on any atom is -0.383 e. The van der Waals surface area contributed by atoms with Crippen molar-refractivity contribution in [1.82, 2.24) is 14.8 Å². The Morgan fingerprint density at radius 3 is 2.45 bits per heavy atom. The summed E-state index contributed by atoms with van der Waals surface area (Å²) in [5.74, 6) is 1.40. The maximum Gasteiger partial charge on any atom is 0.155 e. The lowest BCUT2D eigenvalue weighted by Gasteiger charge is -2.02. The number of rotatable bonds is 3. The zero-order valence-electron chi connectivity index (χ0n) is 11.3. The normalized spacial score (nSPS) is 10.7. The van der Waals surface area contributed by atoms with Crippen molar-refractivity contribution in [2.24, 2.45) is 0 Å². The molecule has 100 valence electrons. The number of aromatic nitrogens is 3. The number of benzene rings is 1. The highest BCUT2D eigenvalue weighted by atomic mass is 15.3. The van der Waals surface area contributed by atoms with E-state index in [1.165, 1.54) is 0 Å². The summed E-state index contributed by atoms with van der Waals surface area (Å²) in [5.41, 5.74) is 9.30. The van der Waals surface area contributed by atoms with Crippen LogP contribution in [0.15, 0.2) is 54.7 Å². The summed E-state index contributed by atoms with van der Waals surface area (Å²) < 4.78 is 1.71. The molecule has 0 amide bonds. The first kappa shape index (κ1) is 12.4. The number of hydrogen-bond acceptors (Lipinski definition) is 3. The lowest BCUT2D eigenvalue weighted by atomic mass is 10.1. The van der Waals surface area contributed by atoms with Gasteiger partial charge in [-0.25, -0.2) is 4.98 Å². The Bertz CT molecular complexity index is 702. The molecule has 0 aliphatic rings. The first-order valence-corrected chi connectivity index (χ1v) is 6.65. The molecule has 4 nitrogen and oxygen atoms in total. The molecular weight excluding hydrogens is 248 g/mol. The van der Waals surface area contributed by atoms with Crippen molar-refractivity contribution in [1.29, 1.82) is 0 Å². The monoisotopic (exact) mass is 264 g/mol. The number of nitrogen functional groups attached to an aromatic ring is 1. The van der Waals surface area contributed by atoms with Crippen LogP contribution in [-0.4, -0.2) is 14.8 Å². The van der Waals surface area contributed by atoms with Crippen LogP contribution in [0.5, 0.6) is 0 Å². The molecule has 0 bridgehead atoms. The molecule has 0 aliphatic heterocycles. The first-order chi connectivity index (χ1) is 9.81. The van der Waals surface area contributed by atoms with E-state index in [9.17, 15) is 0 Å². The van der Waals surface area contributed by atoms with Gasteiger partial charge >= 0.3 is 0 Å². The van der Waals surface area contributed by atoms with E-state index in [-0.39, 0.29) is 0 Å². The Kier molecular flexibility index (Phi) is 3.21. The average Bonchev–Trinajstić information content (AvgIpc) is 2.86. The first-order valence-electron chi connectivity index (χ1n) is 6.65. The topological polar surface area (TPSA) is 56.7 Å². The molecule has 0 atom stereocenters. The number of anilines is 1. The van der Waals surface area contributed by atoms with Gasteiger partial charge in [-0.15, -0.1) is 0 Å². The molecule has 0 spiro atoms. The van der Waals surface area contributed by atoms with Gasteiger partial charge in [-0.1, -0.05) is 43.3 Å². The summed E-state index contributed by atoms with van der Waals surface area (Å²) in [7, 11) is 0. The van der Waals surface area contributed by atoms with Gasteiger partial charge in [0, 0.05) is 17.3 Å². The molecule has 1 aromatic carbocycles. The van der Waals surface area contributed by atoms with Crippen LogP contribution in [0.2, 0.25) is 0 Å². The Labute approximate surface area is 117 Å². The molecule has 0 radical (unpaired) electrons. The highest BCUT2D eigenvalue weighted by Gasteiger charge is 2.16. The SMILES string of the molecule is CCc1c(-c2ccccc2)nn(-c2ccccn2)c1N. The fraction of sp³-hybridized carbons (Fsp3) is 0.125. The molecule has 0 saturated heterocycles. The van der Waals surface area contributed by atoms with Gasteiger partial charge in [-0.05, 0) is 18.6 Å². The van der Waals surface area contributed by atoms with Gasteiger partial charge in [0.15, 0.2) is 5.82 Å². The summed E-state index contributed by atoms with van der Waals surface area (Å²) in [5, 5.41) is 4.65. The molecule has 4 heteroatoms. The molecule has 20 heavy (non-hydrogen) atoms. The Hall–Kier alpha value is -2.62. The van der Waals surface area contributed by atoms with Gasteiger partial charge in [-0.3, -0.25) is 0 Å². The molecule has 0 saturated carbocycles. The van der Waals surface area contributed by atoms with E-state index >= 15 is 0 Å². The summed E-state index contributed by atoms with van der Waals surface area (Å²) >= 11 is 0. The maximum absolute atomic E-state index is 6.24. The van der Waals surface area contributed by atoms with Crippen molar-refractivity contribution in [3.8, 4) is 17.1 Å². The minimum atomic E-state index is 0.657. The molecule has 0 fully saturated rings. The molecule has 2 heterocycles. The largest absolute Gasteiger partial charge is 0.383 e. The number of nitrogens with zero attached hydrogens (tertiary/aromatic N) is 3. The van der Waals surface area contributed by atoms with Crippen molar-refractivity contribution < 1.29 is 0 Å². The third-order valence-corrected chi connectivity index (χ3v) is 3.29. The van der Waals surface area contributed by atoms with Crippen LogP contribution in [0.4, 0.5) is 5.82 Å². The second-order valence-corrected chi connectivity index (χ2v) is 4.53. The standard InChI is InChI=1S/C16H16N4/c1-2-13-15(12-8-4-3-5-9-12)19-20(16(13)17)14-10-6-7-11-18-14/h3-11H,2,17H2,1H3. The van der Waals surface area contributed by atoms with Crippen LogP contribution < -0.4 is 5.73 Å². The second kappa shape index (κ2) is 5.17. The smallest absolute Gasteiger partial charge is 0.155 e. The van der Waals surface area contributed by atoms with Crippen LogP contribution in [0.25, 0.3) is 17.1 Å². The number of pyridine rings is 1. The second-order valence-electron chi connectivity index (χ2n) is 4.53. The average molecular weight is 264 g/mol. The van der Waals surface area contributed by atoms with E-state index in [1.807, 2.05) is 48.5 Å². The Morgan fingerprint density at radius 1 is 1.05 bits per heavy atom. The summed E-state index contributed by atoms with van der Waals surface area (Å²) in [6.45, 7) is 2.09. The van der Waals surface area contributed by atoms with Gasteiger partial charge in [0.25, 0.3) is 0 Å². The van der Waals surface area contributed by atoms with Crippen LogP contribution >= 0.6 is 0 Å². The summed E-state index contributed by atoms with van der Waals surface area (Å²) in [6, 6.07) is 15.8. The molecule has 3 rings (SSSR count). The van der Waals surface area contributed by atoms with E-state index in [0.717, 1.165) is 29.1 Å². The summed E-state index contributed by atoms with van der Waals surface area (Å²) in [6.07, 6.45) is 2.58. The van der Waals surface area contributed by atoms with Crippen molar-refractivity contribution in [3.63, 3.8) is 0 Å². The lowest BCUT2D eigenvalue weighted by Crippen LogP contribution is -2.04. The highest BCUT2D eigenvalue weighted by Crippen LogP contribution is 2.28. The van der Waals surface area contributed by atoms with Gasteiger partial charge in [0.1, 0.15) is 5.82 Å². The van der Waals surface area contributed by atoms with Crippen LogP contribution in [0.1, 0.15) is 12.5 Å². The molecule has 0 aliphatic carbocycles. The molecule has 3 aromatic rings.